The zero-order valence-electron chi connectivity index (χ0n) is 6.78. The summed E-state index contributed by atoms with van der Waals surface area (Å²) in [7, 11) is 0. The highest BCUT2D eigenvalue weighted by Gasteiger charge is 1.97. The van der Waals surface area contributed by atoms with E-state index in [1.807, 2.05) is 6.92 Å². The molecule has 3 N–H and O–H groups in total. The Balaban J connectivity index is 2.66. The third kappa shape index (κ3) is 2.13. The maximum atomic E-state index is 5.35. The molecule has 1 atom stereocenters. The van der Waals surface area contributed by atoms with Crippen LogP contribution in [-0.2, 0) is 0 Å². The normalized spacial score (nSPS) is 11.7. The van der Waals surface area contributed by atoms with Crippen LogP contribution in [0.15, 0.2) is 12.4 Å². The van der Waals surface area contributed by atoms with Gasteiger partial charge in [-0.15, -0.1) is 6.42 Å². The summed E-state index contributed by atoms with van der Waals surface area (Å²) in [6, 6.07) is -0.0528. The molecule has 1 unspecified atom stereocenters. The predicted octanol–water partition coefficient (Wildman–Crippen LogP) is 0.492. The summed E-state index contributed by atoms with van der Waals surface area (Å²) in [6.07, 6.45) is 8.19. The van der Waals surface area contributed by atoms with E-state index in [4.69, 9.17) is 12.2 Å². The average molecular weight is 162 g/mol. The standard InChI is InChI=1S/C8H10N4/c1-3-6(2)12-8-5-10-7(9)4-11-8/h1,4-6H,2H3,(H2,9,10)(H,11,12). The Kier molecular flexibility index (Phi) is 2.49. The smallest absolute Gasteiger partial charge is 0.145 e. The Labute approximate surface area is 71.2 Å². The maximum Gasteiger partial charge on any atom is 0.145 e. The first-order chi connectivity index (χ1) is 5.72. The van der Waals surface area contributed by atoms with Gasteiger partial charge in [-0.25, -0.2) is 9.97 Å². The fourth-order valence-corrected chi connectivity index (χ4v) is 0.676. The fourth-order valence-electron chi connectivity index (χ4n) is 0.676. The van der Waals surface area contributed by atoms with E-state index >= 15 is 0 Å². The Morgan fingerprint density at radius 3 is 2.83 bits per heavy atom. The molecule has 1 aromatic heterocycles. The summed E-state index contributed by atoms with van der Waals surface area (Å²) in [5, 5.41) is 2.95. The van der Waals surface area contributed by atoms with Gasteiger partial charge in [-0.05, 0) is 6.92 Å². The number of hydrogen-bond donors (Lipinski definition) is 2. The molecule has 1 heterocycles. The van der Waals surface area contributed by atoms with Crippen LogP contribution in [0.5, 0.6) is 0 Å². The van der Waals surface area contributed by atoms with E-state index in [1.165, 1.54) is 6.20 Å². The van der Waals surface area contributed by atoms with E-state index in [-0.39, 0.29) is 6.04 Å². The van der Waals surface area contributed by atoms with Gasteiger partial charge in [0.1, 0.15) is 11.6 Å². The highest BCUT2D eigenvalue weighted by molar-refractivity contribution is 5.38. The van der Waals surface area contributed by atoms with Crippen LogP contribution in [0.1, 0.15) is 6.92 Å². The number of rotatable bonds is 2. The molecule has 0 amide bonds. The first-order valence-electron chi connectivity index (χ1n) is 3.52. The van der Waals surface area contributed by atoms with Crippen molar-refractivity contribution in [2.75, 3.05) is 11.1 Å². The van der Waals surface area contributed by atoms with Crippen LogP contribution in [0.25, 0.3) is 0 Å². The van der Waals surface area contributed by atoms with E-state index in [2.05, 4.69) is 21.2 Å². The van der Waals surface area contributed by atoms with Crippen LogP contribution >= 0.6 is 0 Å². The monoisotopic (exact) mass is 162 g/mol. The molecular weight excluding hydrogens is 152 g/mol. The summed E-state index contributed by atoms with van der Waals surface area (Å²) in [5.41, 5.74) is 5.35. The molecule has 1 aromatic rings. The number of aromatic nitrogens is 2. The van der Waals surface area contributed by atoms with Gasteiger partial charge in [0.05, 0.1) is 18.4 Å². The summed E-state index contributed by atoms with van der Waals surface area (Å²) in [5.74, 6) is 3.55. The molecule has 0 radical (unpaired) electrons. The van der Waals surface area contributed by atoms with Crippen LogP contribution in [0.2, 0.25) is 0 Å². The number of terminal acetylenes is 1. The van der Waals surface area contributed by atoms with Gasteiger partial charge in [-0.3, -0.25) is 0 Å². The lowest BCUT2D eigenvalue weighted by molar-refractivity contribution is 1.01. The van der Waals surface area contributed by atoms with E-state index < -0.39 is 0 Å². The summed E-state index contributed by atoms with van der Waals surface area (Å²) in [4.78, 5) is 7.82. The lowest BCUT2D eigenvalue weighted by atomic mass is 10.3. The second-order valence-corrected chi connectivity index (χ2v) is 2.36. The minimum Gasteiger partial charge on any atom is -0.382 e. The van der Waals surface area contributed by atoms with Gasteiger partial charge < -0.3 is 11.1 Å². The highest BCUT2D eigenvalue weighted by atomic mass is 15.0. The maximum absolute atomic E-state index is 5.35. The van der Waals surface area contributed by atoms with Crippen molar-refractivity contribution in [2.24, 2.45) is 0 Å². The van der Waals surface area contributed by atoms with E-state index in [9.17, 15) is 0 Å². The Hall–Kier alpha value is -1.76. The van der Waals surface area contributed by atoms with Crippen LogP contribution in [-0.4, -0.2) is 16.0 Å². The summed E-state index contributed by atoms with van der Waals surface area (Å²) in [6.45, 7) is 1.86. The Bertz CT molecular complexity index is 285. The molecule has 0 fully saturated rings. The molecule has 0 aliphatic rings. The minimum absolute atomic E-state index is 0.0528. The molecule has 4 nitrogen and oxygen atoms in total. The minimum atomic E-state index is -0.0528. The lowest BCUT2D eigenvalue weighted by Crippen LogP contribution is -2.13. The largest absolute Gasteiger partial charge is 0.382 e. The summed E-state index contributed by atoms with van der Waals surface area (Å²) >= 11 is 0. The van der Waals surface area contributed by atoms with Crippen LogP contribution < -0.4 is 11.1 Å². The molecule has 0 aliphatic heterocycles. The van der Waals surface area contributed by atoms with Gasteiger partial charge in [0.25, 0.3) is 0 Å². The highest BCUT2D eigenvalue weighted by Crippen LogP contribution is 2.02. The first-order valence-corrected chi connectivity index (χ1v) is 3.52. The van der Waals surface area contributed by atoms with Crippen molar-refractivity contribution in [3.8, 4) is 12.3 Å². The van der Waals surface area contributed by atoms with E-state index in [0.717, 1.165) is 0 Å². The number of anilines is 2. The quantitative estimate of drug-likeness (QED) is 0.621. The van der Waals surface area contributed by atoms with Crippen LogP contribution in [0.4, 0.5) is 11.6 Å². The molecule has 0 aromatic carbocycles. The van der Waals surface area contributed by atoms with E-state index in [1.54, 1.807) is 6.20 Å². The lowest BCUT2D eigenvalue weighted by Gasteiger charge is -2.06. The number of nitrogens with two attached hydrogens (primary N) is 1. The molecular formula is C8H10N4. The SMILES string of the molecule is C#CC(C)Nc1cnc(N)cn1. The molecule has 0 saturated heterocycles. The fraction of sp³-hybridized carbons (Fsp3) is 0.250. The second kappa shape index (κ2) is 3.58. The molecule has 1 rings (SSSR count). The predicted molar refractivity (Wildman–Crippen MR) is 48.4 cm³/mol. The van der Waals surface area contributed by atoms with Crippen molar-refractivity contribution < 1.29 is 0 Å². The number of nitrogens with one attached hydrogen (secondary N) is 1. The van der Waals surface area contributed by atoms with Gasteiger partial charge in [-0.2, -0.15) is 0 Å². The van der Waals surface area contributed by atoms with E-state index in [0.29, 0.717) is 11.6 Å². The van der Waals surface area contributed by atoms with Crippen molar-refractivity contribution in [3.05, 3.63) is 12.4 Å². The molecule has 0 aliphatic carbocycles. The molecule has 0 spiro atoms. The summed E-state index contributed by atoms with van der Waals surface area (Å²) < 4.78 is 0. The van der Waals surface area contributed by atoms with Crippen molar-refractivity contribution in [2.45, 2.75) is 13.0 Å². The van der Waals surface area contributed by atoms with Gasteiger partial charge in [0.15, 0.2) is 0 Å². The molecule has 0 bridgehead atoms. The topological polar surface area (TPSA) is 63.8 Å². The first kappa shape index (κ1) is 8.34. The third-order valence-electron chi connectivity index (χ3n) is 1.29. The van der Waals surface area contributed by atoms with Crippen LogP contribution in [0.3, 0.4) is 0 Å². The van der Waals surface area contributed by atoms with Crippen molar-refractivity contribution in [1.82, 2.24) is 9.97 Å². The Morgan fingerprint density at radius 1 is 1.58 bits per heavy atom. The average Bonchev–Trinajstić information content (AvgIpc) is 2.09. The van der Waals surface area contributed by atoms with Crippen molar-refractivity contribution in [1.29, 1.82) is 0 Å². The molecule has 0 saturated carbocycles. The van der Waals surface area contributed by atoms with Gasteiger partial charge in [0.2, 0.25) is 0 Å². The van der Waals surface area contributed by atoms with Crippen molar-refractivity contribution >= 4 is 11.6 Å². The van der Waals surface area contributed by atoms with Gasteiger partial charge in [0, 0.05) is 0 Å². The third-order valence-corrected chi connectivity index (χ3v) is 1.29. The van der Waals surface area contributed by atoms with Crippen LogP contribution in [0, 0.1) is 12.3 Å². The number of hydrogen-bond acceptors (Lipinski definition) is 4. The number of nitrogen functional groups attached to an aromatic ring is 1. The number of nitrogens with zero attached hydrogens (tertiary/aromatic N) is 2. The Morgan fingerprint density at radius 2 is 2.33 bits per heavy atom. The zero-order valence-corrected chi connectivity index (χ0v) is 6.78. The van der Waals surface area contributed by atoms with Gasteiger partial charge in [-0.1, -0.05) is 5.92 Å². The zero-order chi connectivity index (χ0) is 8.97. The second-order valence-electron chi connectivity index (χ2n) is 2.36. The van der Waals surface area contributed by atoms with Crippen molar-refractivity contribution in [3.63, 3.8) is 0 Å². The molecule has 62 valence electrons. The molecule has 4 heteroatoms. The molecule has 12 heavy (non-hydrogen) atoms. The van der Waals surface area contributed by atoms with Gasteiger partial charge >= 0.3 is 0 Å².